The maximum atomic E-state index is 9.10. The zero-order chi connectivity index (χ0) is 17.9. The molecule has 1 aromatic rings. The minimum Gasteiger partial charge on any atom is -0.473 e. The molecular formula is C14H18N4O4S2. The van der Waals surface area contributed by atoms with Crippen molar-refractivity contribution in [3.63, 3.8) is 0 Å². The molecule has 0 fully saturated rings. The number of likely N-dealkylation sites (N-methyl/N-ethyl adjacent to an activating group) is 1. The fourth-order valence-corrected chi connectivity index (χ4v) is 3.51. The first-order chi connectivity index (χ1) is 11.5. The molecule has 2 N–H and O–H groups in total. The quantitative estimate of drug-likeness (QED) is 0.453. The van der Waals surface area contributed by atoms with Crippen molar-refractivity contribution in [1.29, 1.82) is 5.26 Å². The first-order valence-corrected chi connectivity index (χ1v) is 8.83. The van der Waals surface area contributed by atoms with Gasteiger partial charge in [-0.05, 0) is 25.5 Å². The van der Waals surface area contributed by atoms with Crippen molar-refractivity contribution in [2.24, 2.45) is 0 Å². The summed E-state index contributed by atoms with van der Waals surface area (Å²) in [5.41, 5.74) is 2.34. The van der Waals surface area contributed by atoms with Gasteiger partial charge in [0, 0.05) is 25.3 Å². The van der Waals surface area contributed by atoms with Crippen molar-refractivity contribution in [2.45, 2.75) is 24.3 Å². The lowest BCUT2D eigenvalue weighted by Crippen LogP contribution is -2.25. The lowest BCUT2D eigenvalue weighted by Gasteiger charge is -2.22. The first kappa shape index (κ1) is 20.1. The van der Waals surface area contributed by atoms with Crippen molar-refractivity contribution in [3.8, 4) is 6.07 Å². The molecule has 0 spiro atoms. The van der Waals surface area contributed by atoms with E-state index in [1.807, 2.05) is 0 Å². The van der Waals surface area contributed by atoms with Crippen LogP contribution in [0.4, 0.5) is 0 Å². The summed E-state index contributed by atoms with van der Waals surface area (Å²) >= 11 is 2.99. The van der Waals surface area contributed by atoms with E-state index in [4.69, 9.17) is 25.1 Å². The maximum Gasteiger partial charge on any atom is 0.414 e. The van der Waals surface area contributed by atoms with Gasteiger partial charge in [-0.1, -0.05) is 6.08 Å². The lowest BCUT2D eigenvalue weighted by molar-refractivity contribution is -0.159. The molecule has 0 amide bonds. The lowest BCUT2D eigenvalue weighted by atomic mass is 10.1. The second kappa shape index (κ2) is 10.7. The Kier molecular flexibility index (Phi) is 8.99. The van der Waals surface area contributed by atoms with E-state index in [9.17, 15) is 0 Å². The average molecular weight is 370 g/mol. The second-order valence-electron chi connectivity index (χ2n) is 4.89. The topological polar surface area (TPSA) is 127 Å². The number of carboxylic acids is 2. The van der Waals surface area contributed by atoms with Gasteiger partial charge < -0.3 is 15.1 Å². The van der Waals surface area contributed by atoms with Crippen molar-refractivity contribution >= 4 is 41.0 Å². The number of hydrogen-bond acceptors (Lipinski definition) is 8. The monoisotopic (exact) mass is 370 g/mol. The number of carbonyl (C=O) groups is 2. The zero-order valence-corrected chi connectivity index (χ0v) is 14.8. The van der Waals surface area contributed by atoms with E-state index in [2.05, 4.69) is 32.8 Å². The van der Waals surface area contributed by atoms with Crippen molar-refractivity contribution < 1.29 is 19.8 Å². The Labute approximate surface area is 148 Å². The van der Waals surface area contributed by atoms with Crippen LogP contribution in [0.25, 0.3) is 5.57 Å². The molecule has 0 aliphatic carbocycles. The van der Waals surface area contributed by atoms with E-state index >= 15 is 0 Å². The molecule has 1 aromatic heterocycles. The highest BCUT2D eigenvalue weighted by molar-refractivity contribution is 7.99. The third-order valence-corrected chi connectivity index (χ3v) is 4.65. The molecule has 0 unspecified atom stereocenters. The van der Waals surface area contributed by atoms with Gasteiger partial charge in [0.2, 0.25) is 0 Å². The van der Waals surface area contributed by atoms with Crippen LogP contribution in [-0.4, -0.2) is 61.7 Å². The van der Waals surface area contributed by atoms with Gasteiger partial charge in [0.05, 0.1) is 17.8 Å². The Hall–Kier alpha value is -1.96. The molecule has 24 heavy (non-hydrogen) atoms. The Morgan fingerprint density at radius 3 is 2.71 bits per heavy atom. The second-order valence-corrected chi connectivity index (χ2v) is 6.51. The number of rotatable bonds is 5. The molecule has 2 rings (SSSR count). The van der Waals surface area contributed by atoms with Gasteiger partial charge in [0.25, 0.3) is 0 Å². The van der Waals surface area contributed by atoms with Crippen molar-refractivity contribution in [3.05, 3.63) is 11.8 Å². The van der Waals surface area contributed by atoms with Gasteiger partial charge in [-0.15, -0.1) is 11.8 Å². The van der Waals surface area contributed by atoms with E-state index < -0.39 is 11.9 Å². The number of hydrogen-bond donors (Lipinski definition) is 2. The smallest absolute Gasteiger partial charge is 0.414 e. The third kappa shape index (κ3) is 7.08. The molecular weight excluding hydrogens is 352 g/mol. The number of nitrogens with zero attached hydrogens (tertiary/aromatic N) is 4. The molecule has 0 atom stereocenters. The SMILES string of the molecule is CN1CCC=C(c2nsnc2SCCCC#N)C1.O=C(O)C(=O)O. The maximum absolute atomic E-state index is 9.10. The van der Waals surface area contributed by atoms with Crippen LogP contribution in [0, 0.1) is 11.3 Å². The molecule has 1 aliphatic rings. The molecule has 1 aliphatic heterocycles. The van der Waals surface area contributed by atoms with E-state index in [1.54, 1.807) is 11.8 Å². The molecule has 0 saturated carbocycles. The van der Waals surface area contributed by atoms with E-state index in [0.717, 1.165) is 42.4 Å². The van der Waals surface area contributed by atoms with Gasteiger partial charge in [0.15, 0.2) is 0 Å². The van der Waals surface area contributed by atoms with Crippen LogP contribution in [0.2, 0.25) is 0 Å². The van der Waals surface area contributed by atoms with Crippen LogP contribution < -0.4 is 0 Å². The van der Waals surface area contributed by atoms with Crippen LogP contribution >= 0.6 is 23.5 Å². The minimum absolute atomic E-state index is 0.616. The highest BCUT2D eigenvalue weighted by Gasteiger charge is 2.17. The highest BCUT2D eigenvalue weighted by atomic mass is 32.2. The molecule has 0 saturated heterocycles. The molecule has 0 aromatic carbocycles. The van der Waals surface area contributed by atoms with Crippen LogP contribution in [0.1, 0.15) is 25.0 Å². The molecule has 10 heteroatoms. The Morgan fingerprint density at radius 1 is 1.42 bits per heavy atom. The number of nitriles is 1. The third-order valence-electron chi connectivity index (χ3n) is 2.96. The first-order valence-electron chi connectivity index (χ1n) is 7.12. The number of aromatic nitrogens is 2. The minimum atomic E-state index is -1.82. The summed E-state index contributed by atoms with van der Waals surface area (Å²) in [6, 6.07) is 2.17. The molecule has 2 heterocycles. The Balaban J connectivity index is 0.000000413. The van der Waals surface area contributed by atoms with Gasteiger partial charge in [-0.25, -0.2) is 9.59 Å². The van der Waals surface area contributed by atoms with Gasteiger partial charge in [0.1, 0.15) is 10.7 Å². The largest absolute Gasteiger partial charge is 0.473 e. The number of thioether (sulfide) groups is 1. The predicted octanol–water partition coefficient (Wildman–Crippen LogP) is 1.81. The van der Waals surface area contributed by atoms with Gasteiger partial charge >= 0.3 is 11.9 Å². The molecule has 0 radical (unpaired) electrons. The molecule has 130 valence electrons. The van der Waals surface area contributed by atoms with Crippen LogP contribution in [0.3, 0.4) is 0 Å². The number of unbranched alkanes of at least 4 members (excludes halogenated alkanes) is 1. The number of aliphatic carboxylic acids is 2. The normalized spacial score (nSPS) is 14.1. The van der Waals surface area contributed by atoms with Crippen LogP contribution in [0.5, 0.6) is 0 Å². The summed E-state index contributed by atoms with van der Waals surface area (Å²) < 4.78 is 8.79. The summed E-state index contributed by atoms with van der Waals surface area (Å²) in [5, 5.41) is 24.3. The van der Waals surface area contributed by atoms with E-state index in [-0.39, 0.29) is 0 Å². The fraction of sp³-hybridized carbons (Fsp3) is 0.500. The standard InChI is InChI=1S/C12H16N4S2.C2H2O4/c1-16-7-4-5-10(9-16)11-12(15-18-14-11)17-8-3-2-6-13;3-1(4)2(5)6/h5H,2-4,7-9H2,1H3;(H,3,4)(H,5,6). The Bertz CT molecular complexity index is 627. The number of carboxylic acid groups (broad SMARTS) is 2. The molecule has 0 bridgehead atoms. The average Bonchev–Trinajstić information content (AvgIpc) is 3.00. The fourth-order valence-electron chi connectivity index (χ4n) is 1.86. The van der Waals surface area contributed by atoms with Crippen molar-refractivity contribution in [1.82, 2.24) is 13.6 Å². The van der Waals surface area contributed by atoms with E-state index in [0.29, 0.717) is 6.42 Å². The zero-order valence-electron chi connectivity index (χ0n) is 13.1. The predicted molar refractivity (Wildman–Crippen MR) is 90.8 cm³/mol. The molecule has 8 nitrogen and oxygen atoms in total. The van der Waals surface area contributed by atoms with Crippen LogP contribution in [0.15, 0.2) is 11.1 Å². The summed E-state index contributed by atoms with van der Waals surface area (Å²) in [6.45, 7) is 2.07. The summed E-state index contributed by atoms with van der Waals surface area (Å²) in [7, 11) is 2.13. The summed E-state index contributed by atoms with van der Waals surface area (Å²) in [5.74, 6) is -2.71. The van der Waals surface area contributed by atoms with Crippen LogP contribution in [-0.2, 0) is 9.59 Å². The van der Waals surface area contributed by atoms with Gasteiger partial charge in [-0.3, -0.25) is 0 Å². The highest BCUT2D eigenvalue weighted by Crippen LogP contribution is 2.29. The summed E-state index contributed by atoms with van der Waals surface area (Å²) in [6.07, 6.45) is 4.89. The van der Waals surface area contributed by atoms with Gasteiger partial charge in [-0.2, -0.15) is 14.0 Å². The Morgan fingerprint density at radius 2 is 2.12 bits per heavy atom. The van der Waals surface area contributed by atoms with E-state index in [1.165, 1.54) is 17.3 Å². The summed E-state index contributed by atoms with van der Waals surface area (Å²) in [4.78, 5) is 20.5. The van der Waals surface area contributed by atoms with Crippen molar-refractivity contribution in [2.75, 3.05) is 25.9 Å².